The highest BCUT2D eigenvalue weighted by molar-refractivity contribution is 9.10. The molecule has 2 aromatic carbocycles. The van der Waals surface area contributed by atoms with Crippen molar-refractivity contribution in [3.05, 3.63) is 51.5 Å². The van der Waals surface area contributed by atoms with Gasteiger partial charge >= 0.3 is 5.97 Å². The molecule has 132 valence electrons. The first-order chi connectivity index (χ1) is 11.9. The van der Waals surface area contributed by atoms with Crippen LogP contribution in [0.5, 0.6) is 17.2 Å². The number of phenols is 1. The number of ether oxygens (including phenoxy) is 2. The maximum absolute atomic E-state index is 12.3. The summed E-state index contributed by atoms with van der Waals surface area (Å²) in [6, 6.07) is 9.71. The van der Waals surface area contributed by atoms with Crippen molar-refractivity contribution in [1.29, 1.82) is 0 Å². The van der Waals surface area contributed by atoms with Gasteiger partial charge in [0.15, 0.2) is 5.78 Å². The molecule has 0 aliphatic carbocycles. The van der Waals surface area contributed by atoms with Crippen molar-refractivity contribution in [1.82, 2.24) is 0 Å². The number of rotatable bonds is 7. The maximum Gasteiger partial charge on any atom is 0.306 e. The molecule has 0 bridgehead atoms. The Morgan fingerprint density at radius 3 is 2.44 bits per heavy atom. The third-order valence-electron chi connectivity index (χ3n) is 3.25. The maximum atomic E-state index is 12.3. The zero-order chi connectivity index (χ0) is 18.4. The Balaban J connectivity index is 2.17. The van der Waals surface area contributed by atoms with E-state index >= 15 is 0 Å². The first kappa shape index (κ1) is 19.3. The van der Waals surface area contributed by atoms with Crippen LogP contribution in [-0.2, 0) is 9.53 Å². The number of carbonyl (C=O) groups excluding carboxylic acids is 2. The summed E-state index contributed by atoms with van der Waals surface area (Å²) in [6.07, 6.45) is -0.116. The summed E-state index contributed by atoms with van der Waals surface area (Å²) >= 11 is 9.03. The Morgan fingerprint density at radius 1 is 1.12 bits per heavy atom. The lowest BCUT2D eigenvalue weighted by atomic mass is 10.1. The lowest BCUT2D eigenvalue weighted by Crippen LogP contribution is -2.08. The Kier molecular flexibility index (Phi) is 6.84. The summed E-state index contributed by atoms with van der Waals surface area (Å²) < 4.78 is 10.8. The highest BCUT2D eigenvalue weighted by atomic mass is 79.9. The molecule has 0 aliphatic rings. The summed E-state index contributed by atoms with van der Waals surface area (Å²) in [5, 5.41) is 10.7. The molecule has 0 aliphatic heterocycles. The van der Waals surface area contributed by atoms with Gasteiger partial charge in [0.25, 0.3) is 0 Å². The standard InChI is InChI=1S/C18H16BrClO5/c1-2-24-17(22)8-7-16(21)14-9-13(10-15(19)18(14)23)25-12-5-3-11(20)4-6-12/h3-6,9-10,23H,2,7-8H2,1H3. The molecular formula is C18H16BrClO5. The van der Waals surface area contributed by atoms with Gasteiger partial charge in [-0.1, -0.05) is 11.6 Å². The van der Waals surface area contributed by atoms with Crippen LogP contribution in [0.15, 0.2) is 40.9 Å². The van der Waals surface area contributed by atoms with Crippen LogP contribution in [0.1, 0.15) is 30.1 Å². The number of halogens is 2. The first-order valence-electron chi connectivity index (χ1n) is 7.55. The number of aromatic hydroxyl groups is 1. The van der Waals surface area contributed by atoms with Crippen molar-refractivity contribution in [2.75, 3.05) is 6.61 Å². The van der Waals surface area contributed by atoms with Crippen molar-refractivity contribution in [3.63, 3.8) is 0 Å². The number of esters is 1. The number of benzene rings is 2. The summed E-state index contributed by atoms with van der Waals surface area (Å²) in [4.78, 5) is 23.7. The zero-order valence-corrected chi connectivity index (χ0v) is 15.8. The van der Waals surface area contributed by atoms with Gasteiger partial charge in [-0.3, -0.25) is 9.59 Å². The molecule has 0 heterocycles. The molecule has 0 amide bonds. The van der Waals surface area contributed by atoms with Crippen LogP contribution in [0.3, 0.4) is 0 Å². The molecule has 25 heavy (non-hydrogen) atoms. The highest BCUT2D eigenvalue weighted by Gasteiger charge is 2.18. The van der Waals surface area contributed by atoms with Crippen LogP contribution in [0.4, 0.5) is 0 Å². The van der Waals surface area contributed by atoms with Gasteiger partial charge < -0.3 is 14.6 Å². The van der Waals surface area contributed by atoms with E-state index in [9.17, 15) is 14.7 Å². The molecule has 0 saturated carbocycles. The van der Waals surface area contributed by atoms with Crippen molar-refractivity contribution >= 4 is 39.3 Å². The molecular weight excluding hydrogens is 412 g/mol. The topological polar surface area (TPSA) is 72.8 Å². The summed E-state index contributed by atoms with van der Waals surface area (Å²) in [5.74, 6) is -0.133. The van der Waals surface area contributed by atoms with Gasteiger partial charge in [0.1, 0.15) is 17.2 Å². The Hall–Kier alpha value is -2.05. The summed E-state index contributed by atoms with van der Waals surface area (Å²) in [5.41, 5.74) is 0.0719. The van der Waals surface area contributed by atoms with Crippen LogP contribution in [0, 0.1) is 0 Å². The van der Waals surface area contributed by atoms with E-state index < -0.39 is 5.97 Å². The second-order valence-corrected chi connectivity index (χ2v) is 6.38. The van der Waals surface area contributed by atoms with Gasteiger partial charge in [0, 0.05) is 11.4 Å². The van der Waals surface area contributed by atoms with Crippen molar-refractivity contribution < 1.29 is 24.2 Å². The van der Waals surface area contributed by atoms with E-state index in [0.717, 1.165) is 0 Å². The van der Waals surface area contributed by atoms with Gasteiger partial charge in [-0.05, 0) is 59.3 Å². The first-order valence-corrected chi connectivity index (χ1v) is 8.72. The second kappa shape index (κ2) is 8.87. The molecule has 0 atom stereocenters. The lowest BCUT2D eigenvalue weighted by molar-refractivity contribution is -0.143. The van der Waals surface area contributed by atoms with Gasteiger partial charge in [-0.2, -0.15) is 0 Å². The number of ketones is 1. The highest BCUT2D eigenvalue weighted by Crippen LogP contribution is 2.35. The van der Waals surface area contributed by atoms with E-state index in [-0.39, 0.29) is 36.5 Å². The number of Topliss-reactive ketones (excluding diaryl/α,β-unsaturated/α-hetero) is 1. The van der Waals surface area contributed by atoms with Gasteiger partial charge in [-0.15, -0.1) is 0 Å². The molecule has 0 unspecified atom stereocenters. The molecule has 1 N–H and O–H groups in total. The minimum absolute atomic E-state index is 0.0496. The van der Waals surface area contributed by atoms with Crippen LogP contribution in [0.25, 0.3) is 0 Å². The molecule has 2 rings (SSSR count). The summed E-state index contributed by atoms with van der Waals surface area (Å²) in [7, 11) is 0. The fourth-order valence-corrected chi connectivity index (χ4v) is 2.63. The quantitative estimate of drug-likeness (QED) is 0.490. The predicted molar refractivity (Wildman–Crippen MR) is 97.5 cm³/mol. The Labute approximate surface area is 158 Å². The van der Waals surface area contributed by atoms with Crippen molar-refractivity contribution in [2.45, 2.75) is 19.8 Å². The monoisotopic (exact) mass is 426 g/mol. The fourth-order valence-electron chi connectivity index (χ4n) is 2.07. The fraction of sp³-hybridized carbons (Fsp3) is 0.222. The number of hydrogen-bond donors (Lipinski definition) is 1. The molecule has 0 spiro atoms. The van der Waals surface area contributed by atoms with E-state index in [2.05, 4.69) is 15.9 Å². The third kappa shape index (κ3) is 5.47. The molecule has 0 saturated heterocycles. The molecule has 0 aromatic heterocycles. The van der Waals surface area contributed by atoms with E-state index in [4.69, 9.17) is 21.1 Å². The van der Waals surface area contributed by atoms with E-state index in [1.807, 2.05) is 0 Å². The van der Waals surface area contributed by atoms with Crippen LogP contribution < -0.4 is 4.74 Å². The van der Waals surface area contributed by atoms with Gasteiger partial charge in [0.2, 0.25) is 0 Å². The third-order valence-corrected chi connectivity index (χ3v) is 4.10. The Bertz CT molecular complexity index is 774. The SMILES string of the molecule is CCOC(=O)CCC(=O)c1cc(Oc2ccc(Cl)cc2)cc(Br)c1O. The Morgan fingerprint density at radius 2 is 1.80 bits per heavy atom. The second-order valence-electron chi connectivity index (χ2n) is 5.09. The molecule has 7 heteroatoms. The molecule has 0 radical (unpaired) electrons. The van der Waals surface area contributed by atoms with Gasteiger partial charge in [-0.25, -0.2) is 0 Å². The average Bonchev–Trinajstić information content (AvgIpc) is 2.58. The van der Waals surface area contributed by atoms with Crippen LogP contribution in [0.2, 0.25) is 5.02 Å². The largest absolute Gasteiger partial charge is 0.506 e. The minimum Gasteiger partial charge on any atom is -0.506 e. The van der Waals surface area contributed by atoms with E-state index in [1.165, 1.54) is 6.07 Å². The number of phenolic OH excluding ortho intramolecular Hbond substituents is 1. The van der Waals surface area contributed by atoms with E-state index in [1.54, 1.807) is 37.3 Å². The zero-order valence-electron chi connectivity index (χ0n) is 13.4. The minimum atomic E-state index is -0.456. The average molecular weight is 428 g/mol. The number of carbonyl (C=O) groups is 2. The number of hydrogen-bond acceptors (Lipinski definition) is 5. The molecule has 5 nitrogen and oxygen atoms in total. The lowest BCUT2D eigenvalue weighted by Gasteiger charge is -2.11. The molecule has 0 fully saturated rings. The van der Waals surface area contributed by atoms with Crippen molar-refractivity contribution in [3.8, 4) is 17.2 Å². The van der Waals surface area contributed by atoms with Crippen LogP contribution >= 0.6 is 27.5 Å². The smallest absolute Gasteiger partial charge is 0.306 e. The predicted octanol–water partition coefficient (Wildman–Crippen LogP) is 5.13. The molecule has 2 aromatic rings. The summed E-state index contributed by atoms with van der Waals surface area (Å²) in [6.45, 7) is 1.95. The van der Waals surface area contributed by atoms with E-state index in [0.29, 0.717) is 21.0 Å². The van der Waals surface area contributed by atoms with Crippen molar-refractivity contribution in [2.24, 2.45) is 0 Å². The van der Waals surface area contributed by atoms with Crippen LogP contribution in [-0.4, -0.2) is 23.5 Å². The van der Waals surface area contributed by atoms with Gasteiger partial charge in [0.05, 0.1) is 23.1 Å². The normalized spacial score (nSPS) is 10.4.